The number of methoxy groups -OCH3 is 1. The summed E-state index contributed by atoms with van der Waals surface area (Å²) in [5.41, 5.74) is 0. The van der Waals surface area contributed by atoms with E-state index in [-0.39, 0.29) is 5.25 Å². The SMILES string of the molecule is COc1ccc(S[C@@H](C)c2nnc(-c3cccs3)o2)cc1. The fourth-order valence-electron chi connectivity index (χ4n) is 1.81. The van der Waals surface area contributed by atoms with Crippen molar-refractivity contribution >= 4 is 23.1 Å². The second-order valence-electron chi connectivity index (χ2n) is 4.36. The van der Waals surface area contributed by atoms with Crippen LogP contribution in [-0.2, 0) is 0 Å². The highest BCUT2D eigenvalue weighted by Crippen LogP contribution is 2.36. The van der Waals surface area contributed by atoms with Gasteiger partial charge < -0.3 is 9.15 Å². The molecule has 1 aromatic carbocycles. The highest BCUT2D eigenvalue weighted by atomic mass is 32.2. The van der Waals surface area contributed by atoms with E-state index < -0.39 is 0 Å². The zero-order valence-corrected chi connectivity index (χ0v) is 13.3. The summed E-state index contributed by atoms with van der Waals surface area (Å²) in [5.74, 6) is 2.08. The van der Waals surface area contributed by atoms with Gasteiger partial charge in [0, 0.05) is 4.90 Å². The van der Waals surface area contributed by atoms with Gasteiger partial charge in [-0.15, -0.1) is 33.3 Å². The molecule has 2 heterocycles. The number of aromatic nitrogens is 2. The van der Waals surface area contributed by atoms with Crippen molar-refractivity contribution in [3.05, 3.63) is 47.7 Å². The molecule has 108 valence electrons. The first-order valence-corrected chi connectivity index (χ1v) is 8.20. The summed E-state index contributed by atoms with van der Waals surface area (Å²) < 4.78 is 10.9. The molecule has 6 heteroatoms. The Morgan fingerprint density at radius 2 is 2.00 bits per heavy atom. The Labute approximate surface area is 131 Å². The predicted octanol–water partition coefficient (Wildman–Crippen LogP) is 4.66. The molecule has 0 aliphatic rings. The van der Waals surface area contributed by atoms with Crippen LogP contribution in [0.4, 0.5) is 0 Å². The molecular formula is C15H14N2O2S2. The van der Waals surface area contributed by atoms with Crippen molar-refractivity contribution in [2.45, 2.75) is 17.1 Å². The van der Waals surface area contributed by atoms with Crippen LogP contribution in [0.3, 0.4) is 0 Å². The summed E-state index contributed by atoms with van der Waals surface area (Å²) >= 11 is 3.27. The number of ether oxygens (including phenoxy) is 1. The molecular weight excluding hydrogens is 304 g/mol. The maximum Gasteiger partial charge on any atom is 0.257 e. The van der Waals surface area contributed by atoms with Gasteiger partial charge in [-0.1, -0.05) is 6.07 Å². The lowest BCUT2D eigenvalue weighted by atomic mass is 10.3. The monoisotopic (exact) mass is 318 g/mol. The minimum atomic E-state index is 0.0969. The molecule has 2 aromatic heterocycles. The molecule has 0 saturated carbocycles. The van der Waals surface area contributed by atoms with Crippen LogP contribution in [0.1, 0.15) is 18.1 Å². The molecule has 0 aliphatic carbocycles. The molecule has 21 heavy (non-hydrogen) atoms. The third-order valence-corrected chi connectivity index (χ3v) is 4.85. The number of nitrogens with zero attached hydrogens (tertiary/aromatic N) is 2. The van der Waals surface area contributed by atoms with Gasteiger partial charge in [-0.05, 0) is 42.6 Å². The van der Waals surface area contributed by atoms with Crippen LogP contribution in [0, 0.1) is 0 Å². The molecule has 0 spiro atoms. The van der Waals surface area contributed by atoms with E-state index >= 15 is 0 Å². The van der Waals surface area contributed by atoms with Gasteiger partial charge in [-0.2, -0.15) is 0 Å². The second-order valence-corrected chi connectivity index (χ2v) is 6.72. The smallest absolute Gasteiger partial charge is 0.257 e. The maximum absolute atomic E-state index is 5.75. The van der Waals surface area contributed by atoms with E-state index in [1.165, 1.54) is 0 Å². The minimum absolute atomic E-state index is 0.0969. The lowest BCUT2D eigenvalue weighted by Crippen LogP contribution is -1.89. The number of hydrogen-bond acceptors (Lipinski definition) is 6. The van der Waals surface area contributed by atoms with Crippen molar-refractivity contribution in [2.24, 2.45) is 0 Å². The number of thioether (sulfide) groups is 1. The highest BCUT2D eigenvalue weighted by molar-refractivity contribution is 7.99. The topological polar surface area (TPSA) is 48.2 Å². The van der Waals surface area contributed by atoms with Gasteiger partial charge in [0.25, 0.3) is 5.89 Å². The van der Waals surface area contributed by atoms with Crippen LogP contribution in [0.2, 0.25) is 0 Å². The van der Waals surface area contributed by atoms with Crippen LogP contribution in [-0.4, -0.2) is 17.3 Å². The Morgan fingerprint density at radius 1 is 1.19 bits per heavy atom. The standard InChI is InChI=1S/C15H14N2O2S2/c1-10(21-12-7-5-11(18-2)6-8-12)14-16-17-15(19-14)13-4-3-9-20-13/h3-10H,1-2H3/t10-/m0/s1. The normalized spacial score (nSPS) is 12.3. The van der Waals surface area contributed by atoms with Gasteiger partial charge in [0.2, 0.25) is 5.89 Å². The molecule has 0 amide bonds. The molecule has 3 aromatic rings. The van der Waals surface area contributed by atoms with E-state index in [4.69, 9.17) is 9.15 Å². The van der Waals surface area contributed by atoms with Gasteiger partial charge in [0.1, 0.15) is 5.75 Å². The van der Waals surface area contributed by atoms with E-state index in [0.29, 0.717) is 11.8 Å². The quantitative estimate of drug-likeness (QED) is 0.640. The molecule has 0 unspecified atom stereocenters. The lowest BCUT2D eigenvalue weighted by molar-refractivity contribution is 0.414. The summed E-state index contributed by atoms with van der Waals surface area (Å²) in [5, 5.41) is 10.3. The van der Waals surface area contributed by atoms with Crippen LogP contribution in [0.15, 0.2) is 51.1 Å². The number of benzene rings is 1. The zero-order valence-electron chi connectivity index (χ0n) is 11.6. The Hall–Kier alpha value is -1.79. The van der Waals surface area contributed by atoms with E-state index in [1.807, 2.05) is 41.8 Å². The molecule has 0 fully saturated rings. The molecule has 0 aliphatic heterocycles. The molecule has 0 radical (unpaired) electrons. The summed E-state index contributed by atoms with van der Waals surface area (Å²) in [7, 11) is 1.66. The van der Waals surface area contributed by atoms with Gasteiger partial charge in [-0.25, -0.2) is 0 Å². The molecule has 4 nitrogen and oxygen atoms in total. The maximum atomic E-state index is 5.75. The van der Waals surface area contributed by atoms with Crippen LogP contribution >= 0.6 is 23.1 Å². The number of thiophene rings is 1. The van der Waals surface area contributed by atoms with E-state index in [1.54, 1.807) is 30.2 Å². The lowest BCUT2D eigenvalue weighted by Gasteiger charge is -2.07. The average Bonchev–Trinajstić information content (AvgIpc) is 3.19. The highest BCUT2D eigenvalue weighted by Gasteiger charge is 2.16. The van der Waals surface area contributed by atoms with Crippen LogP contribution in [0.25, 0.3) is 10.8 Å². The molecule has 0 saturated heterocycles. The molecule has 3 rings (SSSR count). The third-order valence-electron chi connectivity index (χ3n) is 2.89. The Kier molecular flexibility index (Phi) is 4.26. The first kappa shape index (κ1) is 14.2. The van der Waals surface area contributed by atoms with Crippen molar-refractivity contribution in [2.75, 3.05) is 7.11 Å². The Bertz CT molecular complexity index is 693. The van der Waals surface area contributed by atoms with E-state index in [9.17, 15) is 0 Å². The van der Waals surface area contributed by atoms with Gasteiger partial charge >= 0.3 is 0 Å². The largest absolute Gasteiger partial charge is 0.497 e. The van der Waals surface area contributed by atoms with Crippen molar-refractivity contribution in [3.63, 3.8) is 0 Å². The molecule has 0 bridgehead atoms. The minimum Gasteiger partial charge on any atom is -0.497 e. The van der Waals surface area contributed by atoms with Gasteiger partial charge in [-0.3, -0.25) is 0 Å². The van der Waals surface area contributed by atoms with Gasteiger partial charge in [0.15, 0.2) is 0 Å². The van der Waals surface area contributed by atoms with Crippen molar-refractivity contribution in [1.29, 1.82) is 0 Å². The van der Waals surface area contributed by atoms with Crippen LogP contribution < -0.4 is 4.74 Å². The van der Waals surface area contributed by atoms with E-state index in [2.05, 4.69) is 17.1 Å². The van der Waals surface area contributed by atoms with Crippen LogP contribution in [0.5, 0.6) is 5.75 Å². The summed E-state index contributed by atoms with van der Waals surface area (Å²) in [6.07, 6.45) is 0. The molecule has 1 atom stereocenters. The van der Waals surface area contributed by atoms with Crippen molar-refractivity contribution in [3.8, 4) is 16.5 Å². The average molecular weight is 318 g/mol. The second kappa shape index (κ2) is 6.32. The Morgan fingerprint density at radius 3 is 2.67 bits per heavy atom. The first-order chi connectivity index (χ1) is 10.3. The predicted molar refractivity (Wildman–Crippen MR) is 84.9 cm³/mol. The fraction of sp³-hybridized carbons (Fsp3) is 0.200. The fourth-order valence-corrected chi connectivity index (χ4v) is 3.35. The summed E-state index contributed by atoms with van der Waals surface area (Å²) in [6.45, 7) is 2.06. The third kappa shape index (κ3) is 3.28. The first-order valence-electron chi connectivity index (χ1n) is 6.44. The van der Waals surface area contributed by atoms with E-state index in [0.717, 1.165) is 15.5 Å². The summed E-state index contributed by atoms with van der Waals surface area (Å²) in [4.78, 5) is 2.13. The number of hydrogen-bond donors (Lipinski definition) is 0. The van der Waals surface area contributed by atoms with Crippen molar-refractivity contribution in [1.82, 2.24) is 10.2 Å². The number of rotatable bonds is 5. The molecule has 0 N–H and O–H groups in total. The van der Waals surface area contributed by atoms with Crippen molar-refractivity contribution < 1.29 is 9.15 Å². The van der Waals surface area contributed by atoms with Gasteiger partial charge in [0.05, 0.1) is 17.2 Å². The summed E-state index contributed by atoms with van der Waals surface area (Å²) in [6, 6.07) is 11.9. The Balaban J connectivity index is 1.71. The zero-order chi connectivity index (χ0) is 14.7.